The Bertz CT molecular complexity index is 516. The maximum atomic E-state index is 12.8. The molecule has 0 aromatic carbocycles. The fourth-order valence-electron chi connectivity index (χ4n) is 5.04. The average molecular weight is 534 g/mol. The van der Waals surface area contributed by atoms with E-state index in [1.807, 2.05) is 0 Å². The summed E-state index contributed by atoms with van der Waals surface area (Å²) in [7, 11) is 0. The highest BCUT2D eigenvalue weighted by atomic mass is 127. The van der Waals surface area contributed by atoms with E-state index in [1.165, 1.54) is 58.0 Å². The molecule has 2 heterocycles. The molecule has 30 heavy (non-hydrogen) atoms. The van der Waals surface area contributed by atoms with Crippen LogP contribution in [0.5, 0.6) is 0 Å². The van der Waals surface area contributed by atoms with Crippen LogP contribution in [-0.4, -0.2) is 73.5 Å². The van der Waals surface area contributed by atoms with E-state index in [2.05, 4.69) is 27.4 Å². The molecule has 0 bridgehead atoms. The summed E-state index contributed by atoms with van der Waals surface area (Å²) in [5.41, 5.74) is 0. The third kappa shape index (κ3) is 8.52. The first-order valence-electron chi connectivity index (χ1n) is 12.3. The zero-order valence-corrected chi connectivity index (χ0v) is 21.4. The Morgan fingerprint density at radius 2 is 1.67 bits per heavy atom. The third-order valence-electron chi connectivity index (χ3n) is 6.74. The number of likely N-dealkylation sites (tertiary alicyclic amines) is 2. The summed E-state index contributed by atoms with van der Waals surface area (Å²) in [6.07, 6.45) is 13.6. The van der Waals surface area contributed by atoms with Gasteiger partial charge in [-0.25, -0.2) is 0 Å². The van der Waals surface area contributed by atoms with E-state index in [1.54, 1.807) is 0 Å². The average Bonchev–Trinajstić information content (AvgIpc) is 3.05. The van der Waals surface area contributed by atoms with Crippen molar-refractivity contribution in [2.24, 2.45) is 10.9 Å². The summed E-state index contributed by atoms with van der Waals surface area (Å²) in [4.78, 5) is 22.3. The molecule has 3 fully saturated rings. The lowest BCUT2D eigenvalue weighted by Crippen LogP contribution is -2.45. The number of hydrogen-bond donors (Lipinski definition) is 2. The van der Waals surface area contributed by atoms with Crippen LogP contribution in [-0.2, 0) is 4.79 Å². The quantitative estimate of drug-likeness (QED) is 0.227. The van der Waals surface area contributed by atoms with Crippen LogP contribution in [0.15, 0.2) is 4.99 Å². The monoisotopic (exact) mass is 533 g/mol. The SMILES string of the molecule is CCNC(=NCCCN1CCCCCC1)NC1CCN(C(=O)C2CCCCC2)C1.I. The minimum Gasteiger partial charge on any atom is -0.357 e. The van der Waals surface area contributed by atoms with Crippen LogP contribution in [0.1, 0.15) is 77.6 Å². The minimum atomic E-state index is 0. The fraction of sp³-hybridized carbons (Fsp3) is 0.913. The van der Waals surface area contributed by atoms with E-state index < -0.39 is 0 Å². The van der Waals surface area contributed by atoms with Gasteiger partial charge in [0.1, 0.15) is 0 Å². The Labute approximate surface area is 201 Å². The van der Waals surface area contributed by atoms with Gasteiger partial charge in [-0.05, 0) is 65.1 Å². The Balaban J connectivity index is 0.00000320. The van der Waals surface area contributed by atoms with Crippen molar-refractivity contribution < 1.29 is 4.79 Å². The second-order valence-electron chi connectivity index (χ2n) is 9.12. The Hall–Kier alpha value is -0.570. The molecule has 7 heteroatoms. The Kier molecular flexibility index (Phi) is 12.4. The summed E-state index contributed by atoms with van der Waals surface area (Å²) < 4.78 is 0. The highest BCUT2D eigenvalue weighted by Crippen LogP contribution is 2.26. The lowest BCUT2D eigenvalue weighted by atomic mass is 9.88. The summed E-state index contributed by atoms with van der Waals surface area (Å²) in [6, 6.07) is 0.325. The van der Waals surface area contributed by atoms with Gasteiger partial charge in [0.05, 0.1) is 0 Å². The van der Waals surface area contributed by atoms with Gasteiger partial charge in [0.15, 0.2) is 5.96 Å². The zero-order chi connectivity index (χ0) is 20.3. The first-order chi connectivity index (χ1) is 14.3. The number of amides is 1. The van der Waals surface area contributed by atoms with E-state index in [0.717, 1.165) is 64.4 Å². The second kappa shape index (κ2) is 14.5. The zero-order valence-electron chi connectivity index (χ0n) is 19.0. The highest BCUT2D eigenvalue weighted by molar-refractivity contribution is 14.0. The van der Waals surface area contributed by atoms with Gasteiger partial charge in [-0.15, -0.1) is 24.0 Å². The largest absolute Gasteiger partial charge is 0.357 e. The molecule has 0 aromatic rings. The standard InChI is InChI=1S/C23H43N5O.HI/c1-2-24-23(25-14-10-17-27-15-8-3-4-9-16-27)26-21-13-18-28(19-21)22(29)20-11-6-5-7-12-20;/h20-21H,2-19H2,1H3,(H2,24,25,26);1H. The van der Waals surface area contributed by atoms with E-state index in [9.17, 15) is 4.79 Å². The van der Waals surface area contributed by atoms with Crippen molar-refractivity contribution in [1.82, 2.24) is 20.4 Å². The smallest absolute Gasteiger partial charge is 0.225 e. The van der Waals surface area contributed by atoms with Crippen molar-refractivity contribution in [2.45, 2.75) is 83.6 Å². The molecule has 3 rings (SSSR count). The summed E-state index contributed by atoms with van der Waals surface area (Å²) in [5, 5.41) is 6.97. The van der Waals surface area contributed by atoms with Gasteiger partial charge in [-0.3, -0.25) is 9.79 Å². The molecule has 174 valence electrons. The normalized spacial score (nSPS) is 24.2. The van der Waals surface area contributed by atoms with Crippen molar-refractivity contribution in [2.75, 3.05) is 45.8 Å². The van der Waals surface area contributed by atoms with Gasteiger partial charge in [0.2, 0.25) is 5.91 Å². The van der Waals surface area contributed by atoms with Crippen molar-refractivity contribution in [3.8, 4) is 0 Å². The number of halogens is 1. The van der Waals surface area contributed by atoms with Crippen molar-refractivity contribution in [1.29, 1.82) is 0 Å². The maximum absolute atomic E-state index is 12.8. The molecule has 1 atom stereocenters. The van der Waals surface area contributed by atoms with Crippen LogP contribution in [0.4, 0.5) is 0 Å². The number of aliphatic imine (C=N–C) groups is 1. The van der Waals surface area contributed by atoms with Crippen LogP contribution >= 0.6 is 24.0 Å². The van der Waals surface area contributed by atoms with Crippen LogP contribution in [0.3, 0.4) is 0 Å². The van der Waals surface area contributed by atoms with E-state index in [4.69, 9.17) is 4.99 Å². The number of rotatable bonds is 7. The molecule has 1 amide bonds. The van der Waals surface area contributed by atoms with Gasteiger partial charge in [0, 0.05) is 38.1 Å². The first kappa shape index (κ1) is 25.7. The maximum Gasteiger partial charge on any atom is 0.225 e. The van der Waals surface area contributed by atoms with E-state index >= 15 is 0 Å². The molecule has 2 N–H and O–H groups in total. The van der Waals surface area contributed by atoms with Gasteiger partial charge in [-0.2, -0.15) is 0 Å². The summed E-state index contributed by atoms with van der Waals surface area (Å²) in [5.74, 6) is 1.59. The number of guanidine groups is 1. The summed E-state index contributed by atoms with van der Waals surface area (Å²) >= 11 is 0. The molecular formula is C23H44IN5O. The first-order valence-corrected chi connectivity index (χ1v) is 12.3. The van der Waals surface area contributed by atoms with Crippen molar-refractivity contribution in [3.63, 3.8) is 0 Å². The molecule has 0 radical (unpaired) electrons. The molecule has 6 nitrogen and oxygen atoms in total. The predicted molar refractivity (Wildman–Crippen MR) is 136 cm³/mol. The van der Waals surface area contributed by atoms with Crippen LogP contribution in [0.2, 0.25) is 0 Å². The fourth-order valence-corrected chi connectivity index (χ4v) is 5.04. The Morgan fingerprint density at radius 1 is 0.967 bits per heavy atom. The lowest BCUT2D eigenvalue weighted by molar-refractivity contribution is -0.135. The van der Waals surface area contributed by atoms with Crippen molar-refractivity contribution in [3.05, 3.63) is 0 Å². The predicted octanol–water partition coefficient (Wildman–Crippen LogP) is 3.61. The van der Waals surface area contributed by atoms with Crippen LogP contribution in [0.25, 0.3) is 0 Å². The summed E-state index contributed by atoms with van der Waals surface area (Å²) in [6.45, 7) is 9.25. The van der Waals surface area contributed by atoms with Crippen molar-refractivity contribution >= 4 is 35.8 Å². The molecule has 1 aliphatic carbocycles. The molecule has 0 spiro atoms. The van der Waals surface area contributed by atoms with Gasteiger partial charge in [-0.1, -0.05) is 32.1 Å². The number of nitrogens with zero attached hydrogens (tertiary/aromatic N) is 3. The molecule has 2 saturated heterocycles. The Morgan fingerprint density at radius 3 is 2.37 bits per heavy atom. The van der Waals surface area contributed by atoms with Crippen LogP contribution < -0.4 is 10.6 Å². The number of nitrogens with one attached hydrogen (secondary N) is 2. The minimum absolute atomic E-state index is 0. The van der Waals surface area contributed by atoms with E-state index in [0.29, 0.717) is 11.9 Å². The van der Waals surface area contributed by atoms with Gasteiger partial charge >= 0.3 is 0 Å². The molecule has 3 aliphatic rings. The second-order valence-corrected chi connectivity index (χ2v) is 9.12. The molecule has 1 saturated carbocycles. The van der Waals surface area contributed by atoms with Gasteiger partial charge < -0.3 is 20.4 Å². The number of carbonyl (C=O) groups excluding carboxylic acids is 1. The van der Waals surface area contributed by atoms with Crippen LogP contribution in [0, 0.1) is 5.92 Å². The van der Waals surface area contributed by atoms with Gasteiger partial charge in [0.25, 0.3) is 0 Å². The number of hydrogen-bond acceptors (Lipinski definition) is 3. The van der Waals surface area contributed by atoms with E-state index in [-0.39, 0.29) is 29.9 Å². The molecule has 2 aliphatic heterocycles. The third-order valence-corrected chi connectivity index (χ3v) is 6.74. The number of carbonyl (C=O) groups is 1. The lowest BCUT2D eigenvalue weighted by Gasteiger charge is -2.26. The molecule has 0 aromatic heterocycles. The highest BCUT2D eigenvalue weighted by Gasteiger charge is 2.31. The topological polar surface area (TPSA) is 60.0 Å². The molecular weight excluding hydrogens is 489 g/mol. The molecule has 1 unspecified atom stereocenters.